The van der Waals surface area contributed by atoms with Crippen LogP contribution in [0.1, 0.15) is 56.7 Å². The van der Waals surface area contributed by atoms with Gasteiger partial charge < -0.3 is 19.1 Å². The zero-order valence-corrected chi connectivity index (χ0v) is 22.5. The molecule has 1 aromatic heterocycles. The van der Waals surface area contributed by atoms with Crippen molar-refractivity contribution >= 4 is 34.7 Å². The molecule has 0 radical (unpaired) electrons. The molecule has 1 unspecified atom stereocenters. The van der Waals surface area contributed by atoms with E-state index in [9.17, 15) is 9.59 Å². The van der Waals surface area contributed by atoms with Gasteiger partial charge in [-0.2, -0.15) is 0 Å². The average Bonchev–Trinajstić information content (AvgIpc) is 3.18. The standard InChI is InChI=1S/C26H33ClN4O5/c1-8-35-23(32)14-19(17-12-21-24(22(13-17)34-7)31(6)29-28-21)16-9-10-20(27)18(11-16)15-30(5)25(33)36-26(2,3)4/h9-13,19H,8,14-15H2,1-7H3. The highest BCUT2D eigenvalue weighted by Gasteiger charge is 2.25. The first-order chi connectivity index (χ1) is 16.9. The fourth-order valence-electron chi connectivity index (χ4n) is 3.94. The van der Waals surface area contributed by atoms with Crippen LogP contribution in [0, 0.1) is 0 Å². The summed E-state index contributed by atoms with van der Waals surface area (Å²) in [6.45, 7) is 7.73. The minimum absolute atomic E-state index is 0.103. The highest BCUT2D eigenvalue weighted by Crippen LogP contribution is 2.36. The van der Waals surface area contributed by atoms with Gasteiger partial charge in [-0.25, -0.2) is 9.48 Å². The van der Waals surface area contributed by atoms with Crippen molar-refractivity contribution in [2.24, 2.45) is 7.05 Å². The zero-order chi connectivity index (χ0) is 26.6. The average molecular weight is 517 g/mol. The summed E-state index contributed by atoms with van der Waals surface area (Å²) >= 11 is 6.50. The summed E-state index contributed by atoms with van der Waals surface area (Å²) in [4.78, 5) is 26.6. The summed E-state index contributed by atoms with van der Waals surface area (Å²) in [5.74, 6) is -0.0991. The summed E-state index contributed by atoms with van der Waals surface area (Å²) < 4.78 is 18.0. The Morgan fingerprint density at radius 1 is 1.17 bits per heavy atom. The fraction of sp³-hybridized carbons (Fsp3) is 0.462. The first-order valence-electron chi connectivity index (χ1n) is 11.7. The number of benzene rings is 2. The molecule has 1 amide bonds. The minimum atomic E-state index is -0.611. The van der Waals surface area contributed by atoms with Gasteiger partial charge in [0.2, 0.25) is 0 Å². The van der Waals surface area contributed by atoms with E-state index in [0.29, 0.717) is 16.3 Å². The van der Waals surface area contributed by atoms with Crippen molar-refractivity contribution in [2.75, 3.05) is 20.8 Å². The molecule has 1 heterocycles. The molecule has 0 N–H and O–H groups in total. The summed E-state index contributed by atoms with van der Waals surface area (Å²) in [6, 6.07) is 9.33. The van der Waals surface area contributed by atoms with Crippen molar-refractivity contribution in [2.45, 2.75) is 52.2 Å². The van der Waals surface area contributed by atoms with E-state index < -0.39 is 11.7 Å². The second-order valence-corrected chi connectivity index (χ2v) is 9.96. The number of hydrogen-bond donors (Lipinski definition) is 0. The third-order valence-corrected chi connectivity index (χ3v) is 5.94. The molecule has 2 aromatic carbocycles. The molecule has 3 rings (SSSR count). The van der Waals surface area contributed by atoms with Crippen LogP contribution in [0.15, 0.2) is 30.3 Å². The van der Waals surface area contributed by atoms with Gasteiger partial charge in [-0.05, 0) is 62.6 Å². The summed E-state index contributed by atoms with van der Waals surface area (Å²) in [6.07, 6.45) is -0.351. The lowest BCUT2D eigenvalue weighted by Crippen LogP contribution is -2.33. The second-order valence-electron chi connectivity index (χ2n) is 9.55. The van der Waals surface area contributed by atoms with Crippen molar-refractivity contribution < 1.29 is 23.8 Å². The van der Waals surface area contributed by atoms with E-state index in [2.05, 4.69) is 10.3 Å². The maximum atomic E-state index is 12.6. The number of carbonyl (C=O) groups excluding carboxylic acids is 2. The SMILES string of the molecule is CCOC(=O)CC(c1ccc(Cl)c(CN(C)C(=O)OC(C)(C)C)c1)c1cc(OC)c2c(c1)nnn2C. The van der Waals surface area contributed by atoms with Gasteiger partial charge in [0, 0.05) is 25.0 Å². The number of rotatable bonds is 8. The number of esters is 1. The monoisotopic (exact) mass is 516 g/mol. The number of nitrogens with zero attached hydrogens (tertiary/aromatic N) is 4. The van der Waals surface area contributed by atoms with E-state index >= 15 is 0 Å². The van der Waals surface area contributed by atoms with Gasteiger partial charge in [-0.1, -0.05) is 28.9 Å². The van der Waals surface area contributed by atoms with Crippen molar-refractivity contribution in [3.8, 4) is 5.75 Å². The number of aryl methyl sites for hydroxylation is 1. The van der Waals surface area contributed by atoms with Crippen molar-refractivity contribution in [3.63, 3.8) is 0 Å². The van der Waals surface area contributed by atoms with Crippen LogP contribution in [0.2, 0.25) is 5.02 Å². The Morgan fingerprint density at radius 2 is 1.89 bits per heavy atom. The van der Waals surface area contributed by atoms with E-state index in [1.807, 2.05) is 45.0 Å². The van der Waals surface area contributed by atoms with E-state index in [1.165, 1.54) is 4.90 Å². The highest BCUT2D eigenvalue weighted by molar-refractivity contribution is 6.31. The molecule has 0 spiro atoms. The molecule has 10 heteroatoms. The maximum Gasteiger partial charge on any atom is 0.410 e. The molecule has 36 heavy (non-hydrogen) atoms. The lowest BCUT2D eigenvalue weighted by atomic mass is 9.87. The van der Waals surface area contributed by atoms with Gasteiger partial charge in [-0.15, -0.1) is 5.10 Å². The van der Waals surface area contributed by atoms with Crippen LogP contribution < -0.4 is 4.74 Å². The van der Waals surface area contributed by atoms with Gasteiger partial charge in [0.05, 0.1) is 26.7 Å². The Labute approximate surface area is 216 Å². The molecule has 0 saturated carbocycles. The molecular weight excluding hydrogens is 484 g/mol. The Kier molecular flexibility index (Phi) is 8.45. The lowest BCUT2D eigenvalue weighted by molar-refractivity contribution is -0.143. The topological polar surface area (TPSA) is 95.8 Å². The number of halogens is 1. The van der Waals surface area contributed by atoms with Crippen LogP contribution in [-0.2, 0) is 27.9 Å². The normalized spacial score (nSPS) is 12.3. The Hall–Kier alpha value is -3.33. The molecule has 0 aliphatic rings. The van der Waals surface area contributed by atoms with Crippen LogP contribution in [0.3, 0.4) is 0 Å². The van der Waals surface area contributed by atoms with Gasteiger partial charge in [0.15, 0.2) is 0 Å². The molecule has 3 aromatic rings. The summed E-state index contributed by atoms with van der Waals surface area (Å²) in [5.41, 5.74) is 3.18. The quantitative estimate of drug-likeness (QED) is 0.385. The number of amides is 1. The van der Waals surface area contributed by atoms with Gasteiger partial charge in [-0.3, -0.25) is 4.79 Å². The van der Waals surface area contributed by atoms with Crippen LogP contribution in [0.25, 0.3) is 11.0 Å². The largest absolute Gasteiger partial charge is 0.494 e. The van der Waals surface area contributed by atoms with E-state index in [0.717, 1.165) is 22.2 Å². The number of carbonyl (C=O) groups is 2. The number of fused-ring (bicyclic) bond motifs is 1. The Bertz CT molecular complexity index is 1250. The van der Waals surface area contributed by atoms with Crippen LogP contribution in [0.4, 0.5) is 4.79 Å². The molecule has 0 aliphatic carbocycles. The predicted octanol–water partition coefficient (Wildman–Crippen LogP) is 5.08. The van der Waals surface area contributed by atoms with Crippen LogP contribution in [-0.4, -0.2) is 58.3 Å². The van der Waals surface area contributed by atoms with Crippen LogP contribution in [0.5, 0.6) is 5.75 Å². The molecular formula is C26H33ClN4O5. The second kappa shape index (κ2) is 11.2. The van der Waals surface area contributed by atoms with E-state index in [-0.39, 0.29) is 31.5 Å². The van der Waals surface area contributed by atoms with Crippen molar-refractivity contribution in [3.05, 3.63) is 52.0 Å². The first-order valence-corrected chi connectivity index (χ1v) is 12.1. The predicted molar refractivity (Wildman–Crippen MR) is 137 cm³/mol. The highest BCUT2D eigenvalue weighted by atomic mass is 35.5. The number of methoxy groups -OCH3 is 1. The molecule has 0 saturated heterocycles. The molecule has 0 bridgehead atoms. The van der Waals surface area contributed by atoms with Crippen molar-refractivity contribution in [1.29, 1.82) is 0 Å². The van der Waals surface area contributed by atoms with Gasteiger partial charge in [0.1, 0.15) is 22.4 Å². The molecule has 194 valence electrons. The third-order valence-electron chi connectivity index (χ3n) is 5.57. The third kappa shape index (κ3) is 6.46. The lowest BCUT2D eigenvalue weighted by Gasteiger charge is -2.25. The summed E-state index contributed by atoms with van der Waals surface area (Å²) in [7, 11) is 5.03. The molecule has 0 aliphatic heterocycles. The van der Waals surface area contributed by atoms with E-state index in [4.69, 9.17) is 25.8 Å². The first kappa shape index (κ1) is 27.3. The van der Waals surface area contributed by atoms with Crippen molar-refractivity contribution in [1.82, 2.24) is 19.9 Å². The van der Waals surface area contributed by atoms with Gasteiger partial charge >= 0.3 is 12.1 Å². The molecule has 9 nitrogen and oxygen atoms in total. The Balaban J connectivity index is 2.02. The molecule has 0 fully saturated rings. The fourth-order valence-corrected chi connectivity index (χ4v) is 4.12. The number of aromatic nitrogens is 3. The smallest absolute Gasteiger partial charge is 0.410 e. The molecule has 1 atom stereocenters. The summed E-state index contributed by atoms with van der Waals surface area (Å²) in [5, 5.41) is 8.84. The zero-order valence-electron chi connectivity index (χ0n) is 21.8. The van der Waals surface area contributed by atoms with Crippen LogP contribution >= 0.6 is 11.6 Å². The number of hydrogen-bond acceptors (Lipinski definition) is 7. The number of ether oxygens (including phenoxy) is 3. The minimum Gasteiger partial charge on any atom is -0.494 e. The van der Waals surface area contributed by atoms with E-state index in [1.54, 1.807) is 38.9 Å². The Morgan fingerprint density at radius 3 is 2.53 bits per heavy atom. The maximum absolute atomic E-state index is 12.6. The van der Waals surface area contributed by atoms with Gasteiger partial charge in [0.25, 0.3) is 0 Å².